The summed E-state index contributed by atoms with van der Waals surface area (Å²) in [5.41, 5.74) is 23.2. The zero-order valence-electron chi connectivity index (χ0n) is 42.4. The minimum absolute atomic E-state index is 0.0709. The van der Waals surface area contributed by atoms with E-state index in [1.165, 1.54) is 64.0 Å². The van der Waals surface area contributed by atoms with Gasteiger partial charge in [0.15, 0.2) is 0 Å². The van der Waals surface area contributed by atoms with E-state index in [-0.39, 0.29) is 21.7 Å². The number of fused-ring (bicyclic) bond motifs is 14. The average molecular weight is 949 g/mol. The predicted octanol–water partition coefficient (Wildman–Crippen LogP) is 18.7. The van der Waals surface area contributed by atoms with Crippen molar-refractivity contribution in [3.05, 3.63) is 164 Å². The van der Waals surface area contributed by atoms with Crippen LogP contribution in [0.1, 0.15) is 133 Å². The number of aromatic nitrogens is 4. The smallest absolute Gasteiger partial charge is 0.0824 e. The molecule has 2 aliphatic heterocycles. The Morgan fingerprint density at radius 2 is 0.886 bits per heavy atom. The van der Waals surface area contributed by atoms with Gasteiger partial charge in [0.05, 0.1) is 22.8 Å². The molecule has 0 amide bonds. The number of rotatable bonds is 3. The first-order chi connectivity index (χ1) is 33.2. The van der Waals surface area contributed by atoms with Crippen LogP contribution in [-0.2, 0) is 21.7 Å². The number of thiophene rings is 2. The Morgan fingerprint density at radius 3 is 1.43 bits per heavy atom. The van der Waals surface area contributed by atoms with Gasteiger partial charge in [-0.2, -0.15) is 0 Å². The lowest BCUT2D eigenvalue weighted by Gasteiger charge is -2.26. The van der Waals surface area contributed by atoms with Crippen LogP contribution in [-0.4, -0.2) is 19.9 Å². The highest BCUT2D eigenvalue weighted by atomic mass is 32.1. The molecule has 4 nitrogen and oxygen atoms in total. The lowest BCUT2D eigenvalue weighted by molar-refractivity contribution is 0.568. The van der Waals surface area contributed by atoms with E-state index in [2.05, 4.69) is 226 Å². The van der Waals surface area contributed by atoms with E-state index in [1.54, 1.807) is 11.3 Å². The van der Waals surface area contributed by atoms with Crippen molar-refractivity contribution < 1.29 is 0 Å². The highest BCUT2D eigenvalue weighted by Gasteiger charge is 2.34. The second-order valence-electron chi connectivity index (χ2n) is 23.7. The molecule has 7 heterocycles. The van der Waals surface area contributed by atoms with Crippen LogP contribution < -0.4 is 0 Å². The molecule has 8 bridgehead atoms. The number of hydrogen-bond donors (Lipinski definition) is 2. The highest BCUT2D eigenvalue weighted by Crippen LogP contribution is 2.55. The minimum Gasteiger partial charge on any atom is -0.354 e. The Hall–Kier alpha value is -6.60. The Labute approximate surface area is 420 Å². The maximum atomic E-state index is 5.83. The van der Waals surface area contributed by atoms with Gasteiger partial charge in [0.25, 0.3) is 0 Å². The molecule has 3 aliphatic rings. The number of benzene rings is 4. The molecule has 0 radical (unpaired) electrons. The van der Waals surface area contributed by atoms with Gasteiger partial charge in [-0.25, -0.2) is 9.97 Å². The summed E-state index contributed by atoms with van der Waals surface area (Å²) in [6, 6.07) is 41.2. The van der Waals surface area contributed by atoms with Crippen LogP contribution in [0.2, 0.25) is 0 Å². The van der Waals surface area contributed by atoms with Crippen LogP contribution in [0.15, 0.2) is 115 Å². The summed E-state index contributed by atoms with van der Waals surface area (Å²) < 4.78 is 2.53. The highest BCUT2D eigenvalue weighted by molar-refractivity contribution is 7.21. The van der Waals surface area contributed by atoms with Crippen molar-refractivity contribution in [3.63, 3.8) is 0 Å². The van der Waals surface area contributed by atoms with Gasteiger partial charge in [-0.15, -0.1) is 22.7 Å². The van der Waals surface area contributed by atoms with Crippen molar-refractivity contribution in [1.82, 2.24) is 19.9 Å². The number of nitrogens with one attached hydrogen (secondary N) is 2. The molecule has 0 atom stereocenters. The van der Waals surface area contributed by atoms with Crippen LogP contribution >= 0.6 is 22.7 Å². The topological polar surface area (TPSA) is 57.4 Å². The quantitative estimate of drug-likeness (QED) is 0.185. The summed E-state index contributed by atoms with van der Waals surface area (Å²) in [6.07, 6.45) is 6.85. The first-order valence-electron chi connectivity index (χ1n) is 24.7. The van der Waals surface area contributed by atoms with E-state index in [0.29, 0.717) is 0 Å². The van der Waals surface area contributed by atoms with E-state index in [4.69, 9.17) is 9.97 Å². The number of nitrogens with zero attached hydrogens (tertiary/aromatic N) is 2. The van der Waals surface area contributed by atoms with Gasteiger partial charge in [0.1, 0.15) is 0 Å². The first kappa shape index (κ1) is 44.6. The summed E-state index contributed by atoms with van der Waals surface area (Å²) >= 11 is 3.66. The fraction of sp³-hybridized carbons (Fsp3) is 0.250. The summed E-state index contributed by atoms with van der Waals surface area (Å²) in [5.74, 6) is 0. The molecule has 12 rings (SSSR count). The summed E-state index contributed by atoms with van der Waals surface area (Å²) in [5, 5.41) is 4.79. The van der Waals surface area contributed by atoms with Crippen LogP contribution in [0.25, 0.3) is 111 Å². The minimum atomic E-state index is -0.0738. The zero-order valence-corrected chi connectivity index (χ0v) is 44.0. The lowest BCUT2D eigenvalue weighted by atomic mass is 9.78. The zero-order chi connectivity index (χ0) is 48.8. The second kappa shape index (κ2) is 15.4. The van der Waals surface area contributed by atoms with Crippen LogP contribution in [0.4, 0.5) is 0 Å². The third-order valence-corrected chi connectivity index (χ3v) is 16.8. The summed E-state index contributed by atoms with van der Waals surface area (Å²) in [7, 11) is 0. The average Bonchev–Trinajstić information content (AvgIpc) is 4.17. The lowest BCUT2D eigenvalue weighted by Crippen LogP contribution is -2.16. The Balaban J connectivity index is 1.28. The molecule has 0 saturated heterocycles. The maximum Gasteiger partial charge on any atom is 0.0824 e. The molecule has 6 heteroatoms. The molecule has 0 fully saturated rings. The van der Waals surface area contributed by atoms with Gasteiger partial charge < -0.3 is 9.97 Å². The van der Waals surface area contributed by atoms with Crippen LogP contribution in [0.3, 0.4) is 0 Å². The van der Waals surface area contributed by atoms with Crippen molar-refractivity contribution in [3.8, 4) is 44.5 Å². The monoisotopic (exact) mass is 948 g/mol. The molecule has 1 aliphatic carbocycles. The molecule has 348 valence electrons. The number of aromatic amines is 2. The van der Waals surface area contributed by atoms with E-state index in [9.17, 15) is 0 Å². The molecule has 2 N–H and O–H groups in total. The van der Waals surface area contributed by atoms with Gasteiger partial charge in [0.2, 0.25) is 0 Å². The normalized spacial score (nSPS) is 13.7. The molecular weight excluding hydrogens is 889 g/mol. The molecular formula is C64H60N4S2. The third-order valence-electron chi connectivity index (χ3n) is 14.6. The van der Waals surface area contributed by atoms with Crippen LogP contribution in [0, 0.1) is 0 Å². The van der Waals surface area contributed by atoms with E-state index >= 15 is 0 Å². The first-order valence-corrected chi connectivity index (χ1v) is 26.4. The van der Waals surface area contributed by atoms with Crippen molar-refractivity contribution in [2.24, 2.45) is 0 Å². The molecule has 9 aromatic rings. The molecule has 0 unspecified atom stereocenters. The fourth-order valence-electron chi connectivity index (χ4n) is 10.5. The van der Waals surface area contributed by atoms with Gasteiger partial charge in [0, 0.05) is 86.1 Å². The van der Waals surface area contributed by atoms with E-state index in [0.717, 1.165) is 78.2 Å². The van der Waals surface area contributed by atoms with E-state index < -0.39 is 0 Å². The van der Waals surface area contributed by atoms with Gasteiger partial charge in [-0.05, 0) is 115 Å². The summed E-state index contributed by atoms with van der Waals surface area (Å²) in [6.45, 7) is 27.8. The fourth-order valence-corrected chi connectivity index (χ4v) is 12.7. The molecule has 4 aromatic carbocycles. The number of hydrogen-bond acceptors (Lipinski definition) is 4. The van der Waals surface area contributed by atoms with Crippen molar-refractivity contribution in [2.45, 2.75) is 105 Å². The molecule has 5 aromatic heterocycles. The summed E-state index contributed by atoms with van der Waals surface area (Å²) in [4.78, 5) is 21.0. The van der Waals surface area contributed by atoms with Crippen molar-refractivity contribution in [1.29, 1.82) is 0 Å². The number of H-pyrrole nitrogens is 2. The molecule has 0 spiro atoms. The third kappa shape index (κ3) is 7.28. The van der Waals surface area contributed by atoms with Crippen molar-refractivity contribution in [2.75, 3.05) is 0 Å². The Bertz CT molecular complexity index is 3860. The molecule has 0 saturated carbocycles. The van der Waals surface area contributed by atoms with Gasteiger partial charge in [-0.1, -0.05) is 156 Å². The Kier molecular flexibility index (Phi) is 9.84. The second-order valence-corrected chi connectivity index (χ2v) is 25.7. The standard InChI is InChI=1S/C64H60N4S2/c1-61(2,3)37-27-35(28-38(31-37)62(4,5)6)54-45-21-24-48(65-45)56(44-34-69-52-19-15-13-17-41(44)52)49-25-22-47(66-49)55(36-29-39(63(7,8)9)32-40(30-36)64(10,11)12)51-33-43-59(68-51)58(50-26-23-46(54)67-50)57-42-18-14-16-20-53(42)70-60(43)57/h13-34,66-67H,1-12H3. The predicted molar refractivity (Wildman–Crippen MR) is 304 cm³/mol. The largest absolute Gasteiger partial charge is 0.354 e. The van der Waals surface area contributed by atoms with Crippen molar-refractivity contribution >= 4 is 88.7 Å². The molecule has 70 heavy (non-hydrogen) atoms. The van der Waals surface area contributed by atoms with E-state index in [1.807, 2.05) is 11.3 Å². The van der Waals surface area contributed by atoms with Gasteiger partial charge in [-0.3, -0.25) is 0 Å². The van der Waals surface area contributed by atoms with Gasteiger partial charge >= 0.3 is 0 Å². The van der Waals surface area contributed by atoms with Crippen LogP contribution in [0.5, 0.6) is 0 Å². The Morgan fingerprint density at radius 1 is 0.429 bits per heavy atom. The maximum absolute atomic E-state index is 5.83. The SMILES string of the molecule is CC(C)(C)c1cc(-c2c3nc4c(c5ccc([nH]5)c(-c5cc(C(C)(C)C)cc(C(C)(C)C)c5)c5nc(c(-c6csc7ccccc67)c6ccc2[nH]6)C=C5)-c2c(sc5ccccc25)C4=C3)cc(C(C)(C)C)c1.